The van der Waals surface area contributed by atoms with Crippen molar-refractivity contribution in [3.05, 3.63) is 277 Å². The number of nitrogens with zero attached hydrogens (tertiary/aromatic N) is 2. The maximum absolute atomic E-state index is 2.61. The summed E-state index contributed by atoms with van der Waals surface area (Å²) in [6, 6.07) is 93.4. The Labute approximate surface area is 493 Å². The molecule has 0 unspecified atom stereocenters. The molecule has 410 valence electrons. The maximum atomic E-state index is 2.61. The molecule has 0 aliphatic rings. The summed E-state index contributed by atoms with van der Waals surface area (Å²) in [5.41, 5.74) is 28.7. The molecule has 12 rings (SSSR count). The van der Waals surface area contributed by atoms with Crippen LogP contribution in [0, 0.1) is 20.8 Å². The summed E-state index contributed by atoms with van der Waals surface area (Å²) < 4.78 is 2.49. The molecule has 0 spiro atoms. The van der Waals surface area contributed by atoms with Gasteiger partial charge in [-0.3, -0.25) is 0 Å². The van der Waals surface area contributed by atoms with Crippen LogP contribution in [0.5, 0.6) is 0 Å². The largest absolute Gasteiger partial charge is 0.310 e. The highest BCUT2D eigenvalue weighted by Gasteiger charge is 2.22. The second-order valence-electron chi connectivity index (χ2n) is 23.0. The van der Waals surface area contributed by atoms with Crippen molar-refractivity contribution in [2.24, 2.45) is 0 Å². The summed E-state index contributed by atoms with van der Waals surface area (Å²) in [5, 5.41) is 2.56. The normalized spacial score (nSPS) is 11.4. The summed E-state index contributed by atoms with van der Waals surface area (Å²) in [5.74, 6) is 0. The Morgan fingerprint density at radius 1 is 0.313 bits per heavy atom. The van der Waals surface area contributed by atoms with E-state index in [1.165, 1.54) is 161 Å². The molecule has 0 fully saturated rings. The van der Waals surface area contributed by atoms with E-state index in [0.29, 0.717) is 0 Å². The van der Waals surface area contributed by atoms with Crippen LogP contribution in [0.1, 0.15) is 93.0 Å². The number of unbranched alkanes of at least 4 members (excludes halogenated alkanes) is 6. The van der Waals surface area contributed by atoms with Crippen molar-refractivity contribution in [2.45, 2.75) is 98.8 Å². The molecule has 2 heteroatoms. The Balaban J connectivity index is 0.992. The van der Waals surface area contributed by atoms with Gasteiger partial charge in [0, 0.05) is 33.4 Å². The first-order chi connectivity index (χ1) is 40.8. The van der Waals surface area contributed by atoms with Gasteiger partial charge in [0.15, 0.2) is 0 Å². The van der Waals surface area contributed by atoms with Gasteiger partial charge in [-0.15, -0.1) is 0 Å². The van der Waals surface area contributed by atoms with E-state index < -0.39 is 0 Å². The second kappa shape index (κ2) is 25.0. The number of para-hydroxylation sites is 1. The molecular weight excluding hydrogens is 1000 g/mol. The number of fused-ring (bicyclic) bond motifs is 3. The fourth-order valence-corrected chi connectivity index (χ4v) is 12.5. The molecule has 0 aliphatic heterocycles. The van der Waals surface area contributed by atoms with E-state index in [-0.39, 0.29) is 0 Å². The number of benzene rings is 11. The minimum atomic E-state index is 1.03. The van der Waals surface area contributed by atoms with E-state index in [1.54, 1.807) is 0 Å². The Hall–Kier alpha value is -8.98. The SMILES string of the molecule is CCCCCCc1cc(-c2ccc(N(c3ccc(-c4ccc(C)cc4)cc3)c3ccc(-c4ccccc4)cc3-c3ccccc3)cc2C)c(CCCCCC)cc1-c1ccc2c3ccccc3n(-c3ccc(-c4ccc(C)cc4)cc3)c2c1. The fourth-order valence-electron chi connectivity index (χ4n) is 12.5. The smallest absolute Gasteiger partial charge is 0.0547 e. The summed E-state index contributed by atoms with van der Waals surface area (Å²) in [7, 11) is 0. The van der Waals surface area contributed by atoms with E-state index in [1.807, 2.05) is 0 Å². The lowest BCUT2D eigenvalue weighted by atomic mass is 9.85. The average molecular weight is 1080 g/mol. The van der Waals surface area contributed by atoms with Gasteiger partial charge in [0.05, 0.1) is 16.7 Å². The first-order valence-electron chi connectivity index (χ1n) is 30.5. The summed E-state index contributed by atoms with van der Waals surface area (Å²) in [4.78, 5) is 2.48. The van der Waals surface area contributed by atoms with Crippen LogP contribution >= 0.6 is 0 Å². The first-order valence-corrected chi connectivity index (χ1v) is 30.5. The van der Waals surface area contributed by atoms with Crippen molar-refractivity contribution in [1.82, 2.24) is 4.57 Å². The third-order valence-electron chi connectivity index (χ3n) is 17.1. The number of aromatic nitrogens is 1. The van der Waals surface area contributed by atoms with Crippen LogP contribution in [-0.4, -0.2) is 4.57 Å². The topological polar surface area (TPSA) is 8.17 Å². The van der Waals surface area contributed by atoms with Gasteiger partial charge in [0.1, 0.15) is 0 Å². The van der Waals surface area contributed by atoms with Crippen LogP contribution in [0.15, 0.2) is 249 Å². The molecule has 2 nitrogen and oxygen atoms in total. The molecule has 0 saturated carbocycles. The van der Waals surface area contributed by atoms with Gasteiger partial charge in [0.25, 0.3) is 0 Å². The van der Waals surface area contributed by atoms with Crippen LogP contribution in [0.3, 0.4) is 0 Å². The third-order valence-corrected chi connectivity index (χ3v) is 17.1. The zero-order valence-corrected chi connectivity index (χ0v) is 49.1. The lowest BCUT2D eigenvalue weighted by Crippen LogP contribution is -2.12. The summed E-state index contributed by atoms with van der Waals surface area (Å²) >= 11 is 0. The van der Waals surface area contributed by atoms with Crippen LogP contribution in [0.25, 0.3) is 94.3 Å². The number of anilines is 3. The maximum Gasteiger partial charge on any atom is 0.0547 e. The molecule has 0 radical (unpaired) electrons. The predicted octanol–water partition coefficient (Wildman–Crippen LogP) is 23.4. The number of hydrogen-bond acceptors (Lipinski definition) is 1. The van der Waals surface area contributed by atoms with Crippen molar-refractivity contribution < 1.29 is 0 Å². The number of rotatable bonds is 20. The zero-order chi connectivity index (χ0) is 56.7. The first kappa shape index (κ1) is 54.6. The van der Waals surface area contributed by atoms with E-state index in [2.05, 4.69) is 293 Å². The molecular formula is C81H76N2. The molecule has 1 heterocycles. The van der Waals surface area contributed by atoms with E-state index in [4.69, 9.17) is 0 Å². The zero-order valence-electron chi connectivity index (χ0n) is 49.1. The Morgan fingerprint density at radius 3 is 1.42 bits per heavy atom. The van der Waals surface area contributed by atoms with E-state index in [9.17, 15) is 0 Å². The Morgan fingerprint density at radius 2 is 0.807 bits per heavy atom. The van der Waals surface area contributed by atoms with Crippen LogP contribution in [0.4, 0.5) is 17.1 Å². The summed E-state index contributed by atoms with van der Waals surface area (Å²) in [6.45, 7) is 11.3. The number of aryl methyl sites for hydroxylation is 5. The number of hydrogen-bond donors (Lipinski definition) is 0. The lowest BCUT2D eigenvalue weighted by molar-refractivity contribution is 0.664. The Kier molecular flexibility index (Phi) is 16.5. The predicted molar refractivity (Wildman–Crippen MR) is 358 cm³/mol. The van der Waals surface area contributed by atoms with Gasteiger partial charge in [0.2, 0.25) is 0 Å². The Bertz CT molecular complexity index is 4150. The highest BCUT2D eigenvalue weighted by atomic mass is 15.1. The molecule has 0 N–H and O–H groups in total. The van der Waals surface area contributed by atoms with E-state index >= 15 is 0 Å². The minimum absolute atomic E-state index is 1.03. The highest BCUT2D eigenvalue weighted by molar-refractivity contribution is 6.10. The molecule has 0 bridgehead atoms. The van der Waals surface area contributed by atoms with Crippen LogP contribution in [0.2, 0.25) is 0 Å². The summed E-state index contributed by atoms with van der Waals surface area (Å²) in [6.07, 6.45) is 11.8. The molecule has 12 aromatic rings. The van der Waals surface area contributed by atoms with Gasteiger partial charge in [-0.1, -0.05) is 252 Å². The molecule has 0 saturated heterocycles. The van der Waals surface area contributed by atoms with Gasteiger partial charge in [-0.05, 0) is 185 Å². The van der Waals surface area contributed by atoms with Crippen molar-refractivity contribution in [3.63, 3.8) is 0 Å². The fraction of sp³-hybridized carbons (Fsp3) is 0.185. The molecule has 0 atom stereocenters. The minimum Gasteiger partial charge on any atom is -0.310 e. The molecule has 0 amide bonds. The van der Waals surface area contributed by atoms with Crippen LogP contribution < -0.4 is 4.90 Å². The van der Waals surface area contributed by atoms with Crippen molar-refractivity contribution >= 4 is 38.9 Å². The van der Waals surface area contributed by atoms with Crippen molar-refractivity contribution in [2.75, 3.05) is 4.90 Å². The van der Waals surface area contributed by atoms with Gasteiger partial charge >= 0.3 is 0 Å². The van der Waals surface area contributed by atoms with E-state index in [0.717, 1.165) is 42.7 Å². The van der Waals surface area contributed by atoms with Gasteiger partial charge < -0.3 is 9.47 Å². The quantitative estimate of drug-likeness (QED) is 0.0691. The van der Waals surface area contributed by atoms with Crippen LogP contribution in [-0.2, 0) is 12.8 Å². The van der Waals surface area contributed by atoms with Gasteiger partial charge in [-0.2, -0.15) is 0 Å². The monoisotopic (exact) mass is 1080 g/mol. The van der Waals surface area contributed by atoms with Crippen molar-refractivity contribution in [3.8, 4) is 72.4 Å². The molecule has 1 aromatic heterocycles. The second-order valence-corrected chi connectivity index (χ2v) is 23.0. The molecule has 83 heavy (non-hydrogen) atoms. The highest BCUT2D eigenvalue weighted by Crippen LogP contribution is 2.46. The average Bonchev–Trinajstić information content (AvgIpc) is 3.47. The lowest BCUT2D eigenvalue weighted by Gasteiger charge is -2.29. The molecule has 11 aromatic carbocycles. The third kappa shape index (κ3) is 11.8. The molecule has 0 aliphatic carbocycles. The van der Waals surface area contributed by atoms with Gasteiger partial charge in [-0.25, -0.2) is 0 Å². The standard InChI is InChI=1S/C81H76N2/c1-6-8-10-14-26-67-55-77(68(27-15-11-9-7-2)54-76(67)69-42-49-75-74-28-20-21-29-79(74)83(81(75)56-69)71-46-40-64(41-47-71)62-36-32-58(4)33-37-62)73-50-48-72(52-59(73)5)82(70-44-38-63(39-45-70)61-34-30-57(3)31-35-61)80-51-43-66(60-22-16-12-17-23-60)53-78(80)65-24-18-13-19-25-65/h12-13,16-25,28-56H,6-11,14-15,26-27H2,1-5H3. The van der Waals surface area contributed by atoms with Crippen molar-refractivity contribution in [1.29, 1.82) is 0 Å².